The molecule has 0 aliphatic rings. The summed E-state index contributed by atoms with van der Waals surface area (Å²) in [4.78, 5) is 12.3. The summed E-state index contributed by atoms with van der Waals surface area (Å²) < 4.78 is 37.7. The molecule has 8 heteroatoms. The third-order valence-electron chi connectivity index (χ3n) is 4.70. The molecule has 0 saturated carbocycles. The van der Waals surface area contributed by atoms with Crippen LogP contribution in [0, 0.1) is 6.92 Å². The molecule has 1 amide bonds. The Morgan fingerprint density at radius 2 is 1.44 bits per heavy atom. The lowest BCUT2D eigenvalue weighted by molar-refractivity contribution is -0.118. The van der Waals surface area contributed by atoms with Gasteiger partial charge in [-0.15, -0.1) is 0 Å². The van der Waals surface area contributed by atoms with Gasteiger partial charge in [0, 0.05) is 12.7 Å². The smallest absolute Gasteiger partial charge is 0.264 e. The predicted octanol–water partition coefficient (Wildman–Crippen LogP) is 4.24. The Balaban J connectivity index is 1.57. The molecule has 0 aliphatic heterocycles. The molecule has 0 radical (unpaired) electrons. The van der Waals surface area contributed by atoms with E-state index in [1.165, 1.54) is 11.4 Å². The van der Waals surface area contributed by atoms with Gasteiger partial charge >= 0.3 is 0 Å². The molecule has 168 valence electrons. The number of ether oxygens (including phenoxy) is 2. The Morgan fingerprint density at radius 3 is 2.03 bits per heavy atom. The van der Waals surface area contributed by atoms with Crippen LogP contribution in [0.4, 0.5) is 11.4 Å². The van der Waals surface area contributed by atoms with Gasteiger partial charge in [-0.1, -0.05) is 17.7 Å². The number of amides is 1. The lowest BCUT2D eigenvalue weighted by Crippen LogP contribution is -2.26. The zero-order chi connectivity index (χ0) is 23.1. The summed E-state index contributed by atoms with van der Waals surface area (Å²) in [5.41, 5.74) is 2.11. The summed E-state index contributed by atoms with van der Waals surface area (Å²) in [7, 11) is -2.17. The number of carbonyl (C=O) groups excluding carboxylic acids is 1. The lowest BCUT2D eigenvalue weighted by Gasteiger charge is -2.20. The van der Waals surface area contributed by atoms with Crippen molar-refractivity contribution in [1.29, 1.82) is 0 Å². The van der Waals surface area contributed by atoms with Crippen LogP contribution < -0.4 is 19.1 Å². The van der Waals surface area contributed by atoms with E-state index in [1.807, 2.05) is 13.8 Å². The van der Waals surface area contributed by atoms with E-state index in [9.17, 15) is 13.2 Å². The zero-order valence-electron chi connectivity index (χ0n) is 18.2. The quantitative estimate of drug-likeness (QED) is 0.523. The summed E-state index contributed by atoms with van der Waals surface area (Å²) in [6.45, 7) is 4.20. The average molecular weight is 455 g/mol. The number of anilines is 2. The van der Waals surface area contributed by atoms with Crippen molar-refractivity contribution in [1.82, 2.24) is 0 Å². The van der Waals surface area contributed by atoms with Crippen molar-refractivity contribution in [3.05, 3.63) is 78.4 Å². The van der Waals surface area contributed by atoms with Gasteiger partial charge in [0.15, 0.2) is 6.61 Å². The fourth-order valence-electron chi connectivity index (χ4n) is 2.91. The second-order valence-corrected chi connectivity index (χ2v) is 9.04. The van der Waals surface area contributed by atoms with E-state index < -0.39 is 10.0 Å². The lowest BCUT2D eigenvalue weighted by atomic mass is 10.2. The van der Waals surface area contributed by atoms with Crippen LogP contribution in [0.3, 0.4) is 0 Å². The molecule has 3 rings (SSSR count). The number of aryl methyl sites for hydroxylation is 1. The van der Waals surface area contributed by atoms with Crippen molar-refractivity contribution in [3.8, 4) is 11.5 Å². The molecule has 0 fully saturated rings. The molecular formula is C24H26N2O5S. The number of nitrogens with one attached hydrogen (secondary N) is 1. The summed E-state index contributed by atoms with van der Waals surface area (Å²) >= 11 is 0. The Labute approximate surface area is 188 Å². The van der Waals surface area contributed by atoms with Gasteiger partial charge in [-0.25, -0.2) is 8.42 Å². The van der Waals surface area contributed by atoms with Gasteiger partial charge in [0.2, 0.25) is 0 Å². The molecule has 0 aromatic heterocycles. The van der Waals surface area contributed by atoms with Crippen molar-refractivity contribution in [2.75, 3.05) is 29.9 Å². The van der Waals surface area contributed by atoms with Crippen LogP contribution in [0.25, 0.3) is 0 Å². The molecule has 1 N–H and O–H groups in total. The fraction of sp³-hybridized carbons (Fsp3) is 0.208. The number of sulfonamides is 1. The van der Waals surface area contributed by atoms with Gasteiger partial charge < -0.3 is 14.8 Å². The fourth-order valence-corrected chi connectivity index (χ4v) is 4.10. The highest BCUT2D eigenvalue weighted by molar-refractivity contribution is 7.92. The molecule has 0 unspecified atom stereocenters. The molecule has 7 nitrogen and oxygen atoms in total. The van der Waals surface area contributed by atoms with Crippen molar-refractivity contribution >= 4 is 27.3 Å². The molecule has 32 heavy (non-hydrogen) atoms. The SMILES string of the molecule is CCOc1ccc(NC(=O)COc2ccc(N(C)S(=O)(=O)c3ccc(C)cc3)cc2)cc1. The van der Waals surface area contributed by atoms with Gasteiger partial charge in [-0.3, -0.25) is 9.10 Å². The number of nitrogens with zero attached hydrogens (tertiary/aromatic N) is 1. The topological polar surface area (TPSA) is 84.9 Å². The largest absolute Gasteiger partial charge is 0.494 e. The molecule has 0 heterocycles. The second-order valence-electron chi connectivity index (χ2n) is 7.07. The zero-order valence-corrected chi connectivity index (χ0v) is 19.1. The first-order valence-corrected chi connectivity index (χ1v) is 11.5. The minimum Gasteiger partial charge on any atom is -0.494 e. The van der Waals surface area contributed by atoms with Crippen molar-refractivity contribution in [3.63, 3.8) is 0 Å². The molecule has 3 aromatic rings. The molecular weight excluding hydrogens is 428 g/mol. The van der Waals surface area contributed by atoms with E-state index in [0.29, 0.717) is 23.7 Å². The van der Waals surface area contributed by atoms with Crippen molar-refractivity contribution < 1.29 is 22.7 Å². The van der Waals surface area contributed by atoms with E-state index in [4.69, 9.17) is 9.47 Å². The van der Waals surface area contributed by atoms with Crippen LogP contribution >= 0.6 is 0 Å². The van der Waals surface area contributed by atoms with Crippen LogP contribution in [0.1, 0.15) is 12.5 Å². The summed E-state index contributed by atoms with van der Waals surface area (Å²) in [5.74, 6) is 0.880. The predicted molar refractivity (Wildman–Crippen MR) is 125 cm³/mol. The number of carbonyl (C=O) groups is 1. The first-order chi connectivity index (χ1) is 15.3. The average Bonchev–Trinajstić information content (AvgIpc) is 2.79. The number of hydrogen-bond donors (Lipinski definition) is 1. The molecule has 0 saturated heterocycles. The molecule has 0 bridgehead atoms. The van der Waals surface area contributed by atoms with Gasteiger partial charge in [0.25, 0.3) is 15.9 Å². The van der Waals surface area contributed by atoms with Crippen LogP contribution in [0.5, 0.6) is 11.5 Å². The van der Waals surface area contributed by atoms with Crippen LogP contribution in [0.2, 0.25) is 0 Å². The van der Waals surface area contributed by atoms with E-state index in [2.05, 4.69) is 5.32 Å². The minimum absolute atomic E-state index is 0.177. The van der Waals surface area contributed by atoms with Gasteiger partial charge in [0.05, 0.1) is 17.2 Å². The standard InChI is InChI=1S/C24H26N2O5S/c1-4-30-21-11-7-19(8-12-21)25-24(27)17-31-22-13-9-20(10-14-22)26(3)32(28,29)23-15-5-18(2)6-16-23/h5-16H,4,17H2,1-3H3,(H,25,27). The normalized spacial score (nSPS) is 11.0. The maximum Gasteiger partial charge on any atom is 0.264 e. The third-order valence-corrected chi connectivity index (χ3v) is 6.50. The summed E-state index contributed by atoms with van der Waals surface area (Å²) in [6.07, 6.45) is 0. The van der Waals surface area contributed by atoms with Gasteiger partial charge in [-0.2, -0.15) is 0 Å². The van der Waals surface area contributed by atoms with Gasteiger partial charge in [-0.05, 0) is 74.5 Å². The van der Waals surface area contributed by atoms with E-state index in [0.717, 1.165) is 11.3 Å². The first kappa shape index (κ1) is 23.1. The maximum absolute atomic E-state index is 12.8. The highest BCUT2D eigenvalue weighted by Gasteiger charge is 2.21. The van der Waals surface area contributed by atoms with E-state index in [1.54, 1.807) is 72.8 Å². The van der Waals surface area contributed by atoms with Crippen LogP contribution in [-0.4, -0.2) is 34.6 Å². The molecule has 0 aliphatic carbocycles. The highest BCUT2D eigenvalue weighted by Crippen LogP contribution is 2.24. The molecule has 0 spiro atoms. The maximum atomic E-state index is 12.8. The molecule has 0 atom stereocenters. The minimum atomic E-state index is -3.67. The van der Waals surface area contributed by atoms with Crippen LogP contribution in [-0.2, 0) is 14.8 Å². The van der Waals surface area contributed by atoms with E-state index >= 15 is 0 Å². The van der Waals surface area contributed by atoms with Crippen molar-refractivity contribution in [2.24, 2.45) is 0 Å². The van der Waals surface area contributed by atoms with Crippen LogP contribution in [0.15, 0.2) is 77.7 Å². The molecule has 3 aromatic carbocycles. The Kier molecular flexibility index (Phi) is 7.37. The first-order valence-electron chi connectivity index (χ1n) is 10.1. The second kappa shape index (κ2) is 10.2. The number of hydrogen-bond acceptors (Lipinski definition) is 5. The summed E-state index contributed by atoms with van der Waals surface area (Å²) in [5, 5.41) is 2.75. The van der Waals surface area contributed by atoms with E-state index in [-0.39, 0.29) is 17.4 Å². The third kappa shape index (κ3) is 5.79. The Hall–Kier alpha value is -3.52. The number of rotatable bonds is 9. The number of benzene rings is 3. The summed E-state index contributed by atoms with van der Waals surface area (Å²) in [6, 6.07) is 20.3. The Bertz CT molecular complexity index is 1140. The Morgan fingerprint density at radius 1 is 0.875 bits per heavy atom. The monoisotopic (exact) mass is 454 g/mol. The van der Waals surface area contributed by atoms with Crippen molar-refractivity contribution in [2.45, 2.75) is 18.7 Å². The highest BCUT2D eigenvalue weighted by atomic mass is 32.2. The van der Waals surface area contributed by atoms with Gasteiger partial charge in [0.1, 0.15) is 11.5 Å².